The zero-order valence-corrected chi connectivity index (χ0v) is 11.1. The second-order valence-electron chi connectivity index (χ2n) is 4.72. The Bertz CT molecular complexity index is 625. The molecule has 1 fully saturated rings. The van der Waals surface area contributed by atoms with Crippen molar-refractivity contribution >= 4 is 34.2 Å². The van der Waals surface area contributed by atoms with Crippen LogP contribution in [0.5, 0.6) is 0 Å². The van der Waals surface area contributed by atoms with Crippen LogP contribution in [0.2, 0.25) is 5.02 Å². The third-order valence-corrected chi connectivity index (χ3v) is 3.71. The van der Waals surface area contributed by atoms with Gasteiger partial charge in [0, 0.05) is 17.6 Å². The molecule has 2 N–H and O–H groups in total. The number of anilines is 1. The van der Waals surface area contributed by atoms with Crippen LogP contribution in [0.15, 0.2) is 30.5 Å². The number of benzene rings is 1. The highest BCUT2D eigenvalue weighted by molar-refractivity contribution is 6.35. The van der Waals surface area contributed by atoms with Crippen LogP contribution in [-0.2, 0) is 0 Å². The Morgan fingerprint density at radius 1 is 1.32 bits per heavy atom. The smallest absolute Gasteiger partial charge is 0.319 e. The summed E-state index contributed by atoms with van der Waals surface area (Å²) in [7, 11) is 0. The van der Waals surface area contributed by atoms with Crippen molar-refractivity contribution in [2.45, 2.75) is 25.3 Å². The number of fused-ring (bicyclic) bond motifs is 1. The van der Waals surface area contributed by atoms with Gasteiger partial charge in [-0.1, -0.05) is 11.6 Å². The van der Waals surface area contributed by atoms with E-state index in [0.29, 0.717) is 16.6 Å². The third kappa shape index (κ3) is 2.49. The van der Waals surface area contributed by atoms with Gasteiger partial charge < -0.3 is 10.6 Å². The fourth-order valence-electron chi connectivity index (χ4n) is 2.14. The molecule has 0 aliphatic heterocycles. The van der Waals surface area contributed by atoms with Gasteiger partial charge in [-0.2, -0.15) is 0 Å². The SMILES string of the molecule is O=C(Nc1ccc(Cl)c2ncccc12)NC1CCC1. The van der Waals surface area contributed by atoms with Crippen LogP contribution in [0, 0.1) is 0 Å². The van der Waals surface area contributed by atoms with Gasteiger partial charge >= 0.3 is 6.03 Å². The number of aromatic nitrogens is 1. The molecule has 1 aliphatic carbocycles. The maximum Gasteiger partial charge on any atom is 0.319 e. The first-order valence-electron chi connectivity index (χ1n) is 6.35. The van der Waals surface area contributed by atoms with Gasteiger partial charge in [0.2, 0.25) is 0 Å². The lowest BCUT2D eigenvalue weighted by atomic mass is 9.93. The molecule has 0 bridgehead atoms. The summed E-state index contributed by atoms with van der Waals surface area (Å²) in [4.78, 5) is 16.1. The van der Waals surface area contributed by atoms with Gasteiger partial charge in [-0.05, 0) is 43.5 Å². The number of amides is 2. The highest BCUT2D eigenvalue weighted by atomic mass is 35.5. The number of hydrogen-bond donors (Lipinski definition) is 2. The number of halogens is 1. The summed E-state index contributed by atoms with van der Waals surface area (Å²) in [5.74, 6) is 0. The minimum Gasteiger partial charge on any atom is -0.335 e. The van der Waals surface area contributed by atoms with Gasteiger partial charge in [-0.25, -0.2) is 4.79 Å². The van der Waals surface area contributed by atoms with Crippen LogP contribution >= 0.6 is 11.6 Å². The Morgan fingerprint density at radius 2 is 2.16 bits per heavy atom. The number of carbonyl (C=O) groups excluding carboxylic acids is 1. The van der Waals surface area contributed by atoms with Gasteiger partial charge in [0.05, 0.1) is 16.2 Å². The second-order valence-corrected chi connectivity index (χ2v) is 5.13. The van der Waals surface area contributed by atoms with Crippen molar-refractivity contribution in [2.75, 3.05) is 5.32 Å². The lowest BCUT2D eigenvalue weighted by Crippen LogP contribution is -2.41. The standard InChI is InChI=1S/C14H14ClN3O/c15-11-6-7-12(10-5-2-8-16-13(10)11)18-14(19)17-9-3-1-4-9/h2,5-9H,1,3-4H2,(H2,17,18,19). The van der Waals surface area contributed by atoms with Gasteiger partial charge in [0.15, 0.2) is 0 Å². The van der Waals surface area contributed by atoms with Crippen LogP contribution in [0.1, 0.15) is 19.3 Å². The molecule has 0 atom stereocenters. The summed E-state index contributed by atoms with van der Waals surface area (Å²) in [6, 6.07) is 7.41. The largest absolute Gasteiger partial charge is 0.335 e. The van der Waals surface area contributed by atoms with E-state index in [9.17, 15) is 4.79 Å². The van der Waals surface area contributed by atoms with Crippen LogP contribution < -0.4 is 10.6 Å². The predicted molar refractivity (Wildman–Crippen MR) is 76.5 cm³/mol. The monoisotopic (exact) mass is 275 g/mol. The van der Waals surface area contributed by atoms with E-state index in [1.807, 2.05) is 12.1 Å². The molecule has 3 rings (SSSR count). The molecule has 0 unspecified atom stereocenters. The quantitative estimate of drug-likeness (QED) is 0.880. The second kappa shape index (κ2) is 5.05. The molecule has 0 spiro atoms. The van der Waals surface area contributed by atoms with Crippen molar-refractivity contribution in [3.63, 3.8) is 0 Å². The Hall–Kier alpha value is -1.81. The summed E-state index contributed by atoms with van der Waals surface area (Å²) in [5, 5.41) is 7.23. The van der Waals surface area contributed by atoms with E-state index in [4.69, 9.17) is 11.6 Å². The van der Waals surface area contributed by atoms with Crippen LogP contribution in [0.3, 0.4) is 0 Å². The summed E-state index contributed by atoms with van der Waals surface area (Å²) in [6.07, 6.45) is 5.01. The van der Waals surface area contributed by atoms with E-state index in [0.717, 1.165) is 23.9 Å². The summed E-state index contributed by atoms with van der Waals surface area (Å²) < 4.78 is 0. The number of nitrogens with one attached hydrogen (secondary N) is 2. The van der Waals surface area contributed by atoms with Crippen molar-refractivity contribution in [1.29, 1.82) is 0 Å². The molecule has 4 nitrogen and oxygen atoms in total. The molecular formula is C14H14ClN3O. The maximum absolute atomic E-state index is 11.9. The first kappa shape index (κ1) is 12.2. The topological polar surface area (TPSA) is 54.0 Å². The Balaban J connectivity index is 1.84. The molecule has 19 heavy (non-hydrogen) atoms. The fraction of sp³-hybridized carbons (Fsp3) is 0.286. The zero-order valence-electron chi connectivity index (χ0n) is 10.3. The minimum absolute atomic E-state index is 0.169. The number of urea groups is 1. The first-order chi connectivity index (χ1) is 9.24. The number of carbonyl (C=O) groups is 1. The number of nitrogens with zero attached hydrogens (tertiary/aromatic N) is 1. The maximum atomic E-state index is 11.9. The van der Waals surface area contributed by atoms with Crippen LogP contribution in [-0.4, -0.2) is 17.1 Å². The molecule has 2 amide bonds. The van der Waals surface area contributed by atoms with Crippen LogP contribution in [0.25, 0.3) is 10.9 Å². The van der Waals surface area contributed by atoms with Gasteiger partial charge in [0.25, 0.3) is 0 Å². The Labute approximate surface area is 116 Å². The molecule has 5 heteroatoms. The fourth-order valence-corrected chi connectivity index (χ4v) is 2.36. The molecular weight excluding hydrogens is 262 g/mol. The molecule has 1 saturated carbocycles. The number of hydrogen-bond acceptors (Lipinski definition) is 2. The van der Waals surface area contributed by atoms with Crippen molar-refractivity contribution < 1.29 is 4.79 Å². The van der Waals surface area contributed by atoms with E-state index < -0.39 is 0 Å². The molecule has 2 aromatic rings. The first-order valence-corrected chi connectivity index (χ1v) is 6.72. The number of pyridine rings is 1. The zero-order chi connectivity index (χ0) is 13.2. The lowest BCUT2D eigenvalue weighted by molar-refractivity contribution is 0.240. The van der Waals surface area contributed by atoms with Gasteiger partial charge in [0.1, 0.15) is 0 Å². The summed E-state index contributed by atoms with van der Waals surface area (Å²) in [5.41, 5.74) is 1.43. The van der Waals surface area contributed by atoms with E-state index in [-0.39, 0.29) is 6.03 Å². The third-order valence-electron chi connectivity index (χ3n) is 3.41. The predicted octanol–water partition coefficient (Wildman–Crippen LogP) is 3.56. The lowest BCUT2D eigenvalue weighted by Gasteiger charge is -2.26. The van der Waals surface area contributed by atoms with Crippen molar-refractivity contribution in [3.05, 3.63) is 35.5 Å². The normalized spacial score (nSPS) is 15.0. The number of rotatable bonds is 2. The molecule has 1 heterocycles. The van der Waals surface area contributed by atoms with Gasteiger partial charge in [-0.15, -0.1) is 0 Å². The minimum atomic E-state index is -0.169. The van der Waals surface area contributed by atoms with E-state index in [1.165, 1.54) is 6.42 Å². The average Bonchev–Trinajstić information content (AvgIpc) is 2.38. The Morgan fingerprint density at radius 3 is 2.89 bits per heavy atom. The summed E-state index contributed by atoms with van der Waals surface area (Å²) >= 11 is 6.09. The molecule has 1 aliphatic rings. The molecule has 0 radical (unpaired) electrons. The molecule has 0 saturated heterocycles. The average molecular weight is 276 g/mol. The molecule has 98 valence electrons. The van der Waals surface area contributed by atoms with E-state index >= 15 is 0 Å². The van der Waals surface area contributed by atoms with Crippen molar-refractivity contribution in [2.24, 2.45) is 0 Å². The summed E-state index contributed by atoms with van der Waals surface area (Å²) in [6.45, 7) is 0. The highest BCUT2D eigenvalue weighted by Gasteiger charge is 2.19. The Kier molecular flexibility index (Phi) is 3.25. The van der Waals surface area contributed by atoms with Gasteiger partial charge in [-0.3, -0.25) is 4.98 Å². The van der Waals surface area contributed by atoms with Crippen LogP contribution in [0.4, 0.5) is 10.5 Å². The van der Waals surface area contributed by atoms with Crippen molar-refractivity contribution in [3.8, 4) is 0 Å². The molecule has 1 aromatic carbocycles. The molecule has 1 aromatic heterocycles. The van der Waals surface area contributed by atoms with Crippen molar-refractivity contribution in [1.82, 2.24) is 10.3 Å². The highest BCUT2D eigenvalue weighted by Crippen LogP contribution is 2.28. The van der Waals surface area contributed by atoms with E-state index in [2.05, 4.69) is 15.6 Å². The van der Waals surface area contributed by atoms with E-state index in [1.54, 1.807) is 18.3 Å².